The topological polar surface area (TPSA) is 70.5 Å². The number of halogens is 1. The van der Waals surface area contributed by atoms with Gasteiger partial charge >= 0.3 is 6.03 Å². The molecule has 1 N–H and O–H groups in total. The van der Waals surface area contributed by atoms with Crippen molar-refractivity contribution in [2.45, 2.75) is 13.8 Å². The zero-order valence-corrected chi connectivity index (χ0v) is 18.2. The third-order valence-corrected chi connectivity index (χ3v) is 5.54. The van der Waals surface area contributed by atoms with Crippen LogP contribution in [0, 0.1) is 12.7 Å². The van der Waals surface area contributed by atoms with Crippen molar-refractivity contribution < 1.29 is 14.0 Å². The Morgan fingerprint density at radius 3 is 2.22 bits per heavy atom. The summed E-state index contributed by atoms with van der Waals surface area (Å²) in [5.41, 5.74) is 3.66. The molecule has 3 aromatic rings. The Morgan fingerprint density at radius 1 is 0.969 bits per heavy atom. The smallest absolute Gasteiger partial charge is 0.317 e. The van der Waals surface area contributed by atoms with Crippen molar-refractivity contribution in [3.05, 3.63) is 71.7 Å². The van der Waals surface area contributed by atoms with Crippen LogP contribution in [0.25, 0.3) is 16.9 Å². The zero-order chi connectivity index (χ0) is 22.7. The largest absolute Gasteiger partial charge is 0.338 e. The predicted molar refractivity (Wildman–Crippen MR) is 120 cm³/mol. The van der Waals surface area contributed by atoms with Gasteiger partial charge in [-0.25, -0.2) is 13.9 Å². The van der Waals surface area contributed by atoms with Crippen molar-refractivity contribution in [1.29, 1.82) is 0 Å². The van der Waals surface area contributed by atoms with E-state index in [9.17, 15) is 14.0 Å². The standard InChI is InChI=1S/C24H26FN5O2/c1-3-26-24(32)29-14-12-28(13-15-29)23(31)21-16-30(20-10-8-19(25)9-11-20)27-22(21)18-6-4-17(2)5-7-18/h4-11,16H,3,12-15H2,1-2H3,(H,26,32). The quantitative estimate of drug-likeness (QED) is 0.682. The molecule has 1 fully saturated rings. The van der Waals surface area contributed by atoms with Crippen molar-refractivity contribution in [2.24, 2.45) is 0 Å². The molecule has 3 amide bonds. The third kappa shape index (κ3) is 4.49. The summed E-state index contributed by atoms with van der Waals surface area (Å²) in [6, 6.07) is 13.7. The van der Waals surface area contributed by atoms with Crippen LogP contribution in [0.2, 0.25) is 0 Å². The molecule has 1 aliphatic heterocycles. The molecule has 2 aromatic carbocycles. The molecule has 32 heavy (non-hydrogen) atoms. The molecule has 8 heteroatoms. The summed E-state index contributed by atoms with van der Waals surface area (Å²) in [5.74, 6) is -0.467. The summed E-state index contributed by atoms with van der Waals surface area (Å²) in [6.45, 7) is 6.30. The van der Waals surface area contributed by atoms with Crippen LogP contribution in [-0.2, 0) is 0 Å². The first-order valence-corrected chi connectivity index (χ1v) is 10.7. The molecule has 0 radical (unpaired) electrons. The number of aromatic nitrogens is 2. The first-order chi connectivity index (χ1) is 15.5. The molecule has 0 bridgehead atoms. The van der Waals surface area contributed by atoms with Gasteiger partial charge in [0.2, 0.25) is 0 Å². The summed E-state index contributed by atoms with van der Waals surface area (Å²) in [6.07, 6.45) is 1.70. The number of benzene rings is 2. The molecule has 0 spiro atoms. The van der Waals surface area contributed by atoms with Crippen LogP contribution in [0.3, 0.4) is 0 Å². The van der Waals surface area contributed by atoms with Crippen LogP contribution in [-0.4, -0.2) is 64.2 Å². The third-order valence-electron chi connectivity index (χ3n) is 5.54. The zero-order valence-electron chi connectivity index (χ0n) is 18.2. The molecular formula is C24H26FN5O2. The van der Waals surface area contributed by atoms with Gasteiger partial charge in [-0.1, -0.05) is 29.8 Å². The van der Waals surface area contributed by atoms with E-state index in [0.29, 0.717) is 49.7 Å². The fourth-order valence-electron chi connectivity index (χ4n) is 3.73. The van der Waals surface area contributed by atoms with Gasteiger partial charge in [-0.05, 0) is 38.1 Å². The van der Waals surface area contributed by atoms with Gasteiger partial charge in [-0.15, -0.1) is 0 Å². The number of aryl methyl sites for hydroxylation is 1. The van der Waals surface area contributed by atoms with Gasteiger partial charge in [0.25, 0.3) is 5.91 Å². The summed E-state index contributed by atoms with van der Waals surface area (Å²) in [5, 5.41) is 7.46. The number of piperazine rings is 1. The second-order valence-corrected chi connectivity index (χ2v) is 7.79. The van der Waals surface area contributed by atoms with E-state index in [4.69, 9.17) is 0 Å². The second-order valence-electron chi connectivity index (χ2n) is 7.79. The summed E-state index contributed by atoms with van der Waals surface area (Å²) in [7, 11) is 0. The fourth-order valence-corrected chi connectivity index (χ4v) is 3.73. The van der Waals surface area contributed by atoms with E-state index in [1.165, 1.54) is 12.1 Å². The molecule has 0 saturated carbocycles. The second kappa shape index (κ2) is 9.21. The number of nitrogens with zero attached hydrogens (tertiary/aromatic N) is 4. The molecule has 2 heterocycles. The molecule has 1 aliphatic rings. The number of urea groups is 1. The van der Waals surface area contributed by atoms with Crippen molar-refractivity contribution in [2.75, 3.05) is 32.7 Å². The SMILES string of the molecule is CCNC(=O)N1CCN(C(=O)c2cn(-c3ccc(F)cc3)nc2-c2ccc(C)cc2)CC1. The highest BCUT2D eigenvalue weighted by Crippen LogP contribution is 2.26. The van der Waals surface area contributed by atoms with E-state index in [1.807, 2.05) is 38.1 Å². The summed E-state index contributed by atoms with van der Waals surface area (Å²) < 4.78 is 15.0. The molecule has 0 atom stereocenters. The Morgan fingerprint density at radius 2 is 1.59 bits per heavy atom. The van der Waals surface area contributed by atoms with Gasteiger partial charge in [0.15, 0.2) is 0 Å². The lowest BCUT2D eigenvalue weighted by molar-refractivity contribution is 0.0666. The Balaban J connectivity index is 1.63. The Kier molecular flexibility index (Phi) is 6.20. The average molecular weight is 436 g/mol. The van der Waals surface area contributed by atoms with Crippen molar-refractivity contribution in [1.82, 2.24) is 24.9 Å². The highest BCUT2D eigenvalue weighted by atomic mass is 19.1. The van der Waals surface area contributed by atoms with E-state index in [-0.39, 0.29) is 17.8 Å². The lowest BCUT2D eigenvalue weighted by atomic mass is 10.1. The van der Waals surface area contributed by atoms with Crippen LogP contribution in [0.4, 0.5) is 9.18 Å². The highest BCUT2D eigenvalue weighted by molar-refractivity contribution is 6.00. The van der Waals surface area contributed by atoms with Crippen LogP contribution >= 0.6 is 0 Å². The number of carbonyl (C=O) groups excluding carboxylic acids is 2. The lowest BCUT2D eigenvalue weighted by Crippen LogP contribution is -2.53. The Bertz CT molecular complexity index is 1100. The van der Waals surface area contributed by atoms with Crippen molar-refractivity contribution >= 4 is 11.9 Å². The van der Waals surface area contributed by atoms with E-state index < -0.39 is 0 Å². The molecular weight excluding hydrogens is 409 g/mol. The van der Waals surface area contributed by atoms with Gasteiger partial charge < -0.3 is 15.1 Å². The van der Waals surface area contributed by atoms with Crippen molar-refractivity contribution in [3.8, 4) is 16.9 Å². The Hall–Kier alpha value is -3.68. The van der Waals surface area contributed by atoms with Gasteiger partial charge in [0, 0.05) is 44.5 Å². The first kappa shape index (κ1) is 21.5. The molecule has 1 saturated heterocycles. The lowest BCUT2D eigenvalue weighted by Gasteiger charge is -2.34. The summed E-state index contributed by atoms with van der Waals surface area (Å²) >= 11 is 0. The Labute approximate surface area is 186 Å². The van der Waals surface area contributed by atoms with Crippen LogP contribution in [0.5, 0.6) is 0 Å². The molecule has 0 aliphatic carbocycles. The highest BCUT2D eigenvalue weighted by Gasteiger charge is 2.28. The number of nitrogens with one attached hydrogen (secondary N) is 1. The predicted octanol–water partition coefficient (Wildman–Crippen LogP) is 3.47. The molecule has 0 unspecified atom stereocenters. The van der Waals surface area contributed by atoms with Crippen molar-refractivity contribution in [3.63, 3.8) is 0 Å². The van der Waals surface area contributed by atoms with Crippen LogP contribution < -0.4 is 5.32 Å². The van der Waals surface area contributed by atoms with E-state index >= 15 is 0 Å². The number of amides is 3. The van der Waals surface area contributed by atoms with Gasteiger partial charge in [-0.3, -0.25) is 4.79 Å². The minimum Gasteiger partial charge on any atom is -0.338 e. The number of hydrogen-bond acceptors (Lipinski definition) is 3. The minimum absolute atomic E-state index is 0.107. The van der Waals surface area contributed by atoms with E-state index in [1.54, 1.807) is 32.8 Å². The van der Waals surface area contributed by atoms with E-state index in [0.717, 1.165) is 11.1 Å². The first-order valence-electron chi connectivity index (χ1n) is 10.7. The average Bonchev–Trinajstić information content (AvgIpc) is 3.25. The minimum atomic E-state index is -0.332. The maximum absolute atomic E-state index is 13.5. The molecule has 166 valence electrons. The van der Waals surface area contributed by atoms with Gasteiger partial charge in [0.1, 0.15) is 11.5 Å². The van der Waals surface area contributed by atoms with E-state index in [2.05, 4.69) is 10.4 Å². The number of rotatable bonds is 4. The maximum atomic E-state index is 13.5. The van der Waals surface area contributed by atoms with Gasteiger partial charge in [-0.2, -0.15) is 5.10 Å². The normalized spacial score (nSPS) is 13.8. The van der Waals surface area contributed by atoms with Crippen LogP contribution in [0.15, 0.2) is 54.7 Å². The molecule has 4 rings (SSSR count). The van der Waals surface area contributed by atoms with Crippen LogP contribution in [0.1, 0.15) is 22.8 Å². The molecule has 7 nitrogen and oxygen atoms in total. The maximum Gasteiger partial charge on any atom is 0.317 e. The number of carbonyl (C=O) groups is 2. The molecule has 1 aromatic heterocycles. The number of hydrogen-bond donors (Lipinski definition) is 1. The fraction of sp³-hybridized carbons (Fsp3) is 0.292. The monoisotopic (exact) mass is 435 g/mol. The van der Waals surface area contributed by atoms with Gasteiger partial charge in [0.05, 0.1) is 11.3 Å². The summed E-state index contributed by atoms with van der Waals surface area (Å²) in [4.78, 5) is 29.0.